The molecule has 1 saturated carbocycles. The number of ether oxygens (including phenoxy) is 2. The number of anilines is 1. The van der Waals surface area contributed by atoms with Gasteiger partial charge in [-0.3, -0.25) is 4.79 Å². The highest BCUT2D eigenvalue weighted by Crippen LogP contribution is 2.48. The van der Waals surface area contributed by atoms with Crippen LogP contribution in [0.2, 0.25) is 0 Å². The molecule has 1 N–H and O–H groups in total. The van der Waals surface area contributed by atoms with Gasteiger partial charge in [-0.05, 0) is 12.1 Å². The van der Waals surface area contributed by atoms with E-state index in [9.17, 15) is 22.8 Å². The van der Waals surface area contributed by atoms with Gasteiger partial charge in [-0.2, -0.15) is 13.2 Å². The summed E-state index contributed by atoms with van der Waals surface area (Å²) in [5.41, 5.74) is -2.84. The van der Waals surface area contributed by atoms with Crippen molar-refractivity contribution in [2.45, 2.75) is 24.6 Å². The average molecular weight is 301 g/mol. The molecule has 0 radical (unpaired) electrons. The van der Waals surface area contributed by atoms with E-state index >= 15 is 0 Å². The second-order valence-electron chi connectivity index (χ2n) is 4.93. The van der Waals surface area contributed by atoms with Crippen LogP contribution in [0.25, 0.3) is 0 Å². The molecule has 1 fully saturated rings. The zero-order valence-electron chi connectivity index (χ0n) is 10.8. The van der Waals surface area contributed by atoms with Crippen LogP contribution in [0.1, 0.15) is 28.8 Å². The van der Waals surface area contributed by atoms with Crippen molar-refractivity contribution in [1.82, 2.24) is 0 Å². The number of halogens is 3. The minimum atomic E-state index is -4.74. The second-order valence-corrected chi connectivity index (χ2v) is 4.93. The first-order valence-electron chi connectivity index (χ1n) is 6.11. The van der Waals surface area contributed by atoms with E-state index in [2.05, 4.69) is 10.1 Å². The zero-order chi connectivity index (χ0) is 15.4. The third-order valence-corrected chi connectivity index (χ3v) is 3.50. The third-order valence-electron chi connectivity index (χ3n) is 3.50. The van der Waals surface area contributed by atoms with E-state index in [0.717, 1.165) is 19.2 Å². The molecule has 0 saturated heterocycles. The van der Waals surface area contributed by atoms with E-state index in [-0.39, 0.29) is 11.4 Å². The standard InChI is InChI=1S/C13H10F3NO4/c1-20-10(18)6-4-8-9(5-7(6)13(14,15)16)21-12(2-3-12)11(19)17-8/h4-5H,2-3H2,1H3,(H,17,19). The monoisotopic (exact) mass is 301 g/mol. The summed E-state index contributed by atoms with van der Waals surface area (Å²) < 4.78 is 48.9. The van der Waals surface area contributed by atoms with Crippen molar-refractivity contribution in [1.29, 1.82) is 0 Å². The minimum absolute atomic E-state index is 0.0333. The Labute approximate surface area is 117 Å². The second kappa shape index (κ2) is 4.12. The Morgan fingerprint density at radius 3 is 2.57 bits per heavy atom. The van der Waals surface area contributed by atoms with Crippen molar-refractivity contribution in [3.8, 4) is 5.75 Å². The molecule has 0 atom stereocenters. The zero-order valence-corrected chi connectivity index (χ0v) is 10.8. The maximum Gasteiger partial charge on any atom is 0.417 e. The number of fused-ring (bicyclic) bond motifs is 1. The Hall–Kier alpha value is -2.25. The van der Waals surface area contributed by atoms with Crippen LogP contribution >= 0.6 is 0 Å². The van der Waals surface area contributed by atoms with E-state index in [4.69, 9.17) is 4.74 Å². The van der Waals surface area contributed by atoms with Gasteiger partial charge in [-0.15, -0.1) is 0 Å². The van der Waals surface area contributed by atoms with Gasteiger partial charge < -0.3 is 14.8 Å². The van der Waals surface area contributed by atoms with Gasteiger partial charge in [0.15, 0.2) is 5.60 Å². The molecule has 2 aliphatic rings. The lowest BCUT2D eigenvalue weighted by molar-refractivity contribution is -0.138. The molecule has 8 heteroatoms. The fourth-order valence-electron chi connectivity index (χ4n) is 2.21. The highest BCUT2D eigenvalue weighted by atomic mass is 19.4. The van der Waals surface area contributed by atoms with Crippen LogP contribution in [0, 0.1) is 0 Å². The number of benzene rings is 1. The SMILES string of the molecule is COC(=O)c1cc2c(cc1C(F)(F)F)OC1(CC1)C(=O)N2. The Morgan fingerprint density at radius 2 is 2.05 bits per heavy atom. The maximum atomic E-state index is 13.0. The van der Waals surface area contributed by atoms with Gasteiger partial charge in [-0.1, -0.05) is 0 Å². The molecule has 0 bridgehead atoms. The van der Waals surface area contributed by atoms with Crippen LogP contribution in [0.5, 0.6) is 5.75 Å². The van der Waals surface area contributed by atoms with Crippen molar-refractivity contribution < 1.29 is 32.2 Å². The summed E-state index contributed by atoms with van der Waals surface area (Å²) >= 11 is 0. The molecule has 1 aromatic carbocycles. The fraction of sp³-hybridized carbons (Fsp3) is 0.385. The predicted molar refractivity (Wildman–Crippen MR) is 64.0 cm³/mol. The highest BCUT2D eigenvalue weighted by molar-refractivity contribution is 6.04. The van der Waals surface area contributed by atoms with Crippen LogP contribution in [-0.4, -0.2) is 24.6 Å². The largest absolute Gasteiger partial charge is 0.475 e. The first kappa shape index (κ1) is 13.7. The first-order valence-corrected chi connectivity index (χ1v) is 6.11. The van der Waals surface area contributed by atoms with Gasteiger partial charge in [0.05, 0.1) is 23.9 Å². The number of carbonyl (C=O) groups excluding carboxylic acids is 2. The molecule has 1 aliphatic carbocycles. The van der Waals surface area contributed by atoms with Crippen molar-refractivity contribution >= 4 is 17.6 Å². The number of esters is 1. The Kier molecular flexibility index (Phi) is 2.69. The number of methoxy groups -OCH3 is 1. The molecular weight excluding hydrogens is 291 g/mol. The number of amides is 1. The molecule has 1 aromatic rings. The lowest BCUT2D eigenvalue weighted by atomic mass is 10.0. The molecule has 1 spiro atoms. The number of hydrogen-bond donors (Lipinski definition) is 1. The van der Waals surface area contributed by atoms with E-state index in [1.54, 1.807) is 0 Å². The van der Waals surface area contributed by atoms with Crippen LogP contribution in [0.3, 0.4) is 0 Å². The number of alkyl halides is 3. The van der Waals surface area contributed by atoms with Crippen LogP contribution in [0.15, 0.2) is 12.1 Å². The Bertz CT molecular complexity index is 650. The van der Waals surface area contributed by atoms with E-state index in [1.165, 1.54) is 0 Å². The third kappa shape index (κ3) is 2.10. The van der Waals surface area contributed by atoms with Crippen molar-refractivity contribution in [3.63, 3.8) is 0 Å². The van der Waals surface area contributed by atoms with E-state index in [1.807, 2.05) is 0 Å². The van der Waals surface area contributed by atoms with Crippen molar-refractivity contribution in [2.24, 2.45) is 0 Å². The summed E-state index contributed by atoms with van der Waals surface area (Å²) in [6.07, 6.45) is -3.82. The fourth-order valence-corrected chi connectivity index (χ4v) is 2.21. The normalized spacial score (nSPS) is 18.6. The quantitative estimate of drug-likeness (QED) is 0.809. The Morgan fingerprint density at radius 1 is 1.38 bits per heavy atom. The number of rotatable bonds is 1. The topological polar surface area (TPSA) is 64.6 Å². The van der Waals surface area contributed by atoms with Crippen LogP contribution in [-0.2, 0) is 15.7 Å². The summed E-state index contributed by atoms with van der Waals surface area (Å²) in [5.74, 6) is -1.64. The molecule has 5 nitrogen and oxygen atoms in total. The maximum absolute atomic E-state index is 13.0. The number of hydrogen-bond acceptors (Lipinski definition) is 4. The minimum Gasteiger partial charge on any atom is -0.475 e. The van der Waals surface area contributed by atoms with E-state index in [0.29, 0.717) is 12.8 Å². The summed E-state index contributed by atoms with van der Waals surface area (Å²) in [5, 5.41) is 2.47. The van der Waals surface area contributed by atoms with Crippen molar-refractivity contribution in [3.05, 3.63) is 23.3 Å². The molecule has 1 amide bonds. The van der Waals surface area contributed by atoms with Gasteiger partial charge >= 0.3 is 12.1 Å². The predicted octanol–water partition coefficient (Wildman–Crippen LogP) is 2.36. The van der Waals surface area contributed by atoms with Gasteiger partial charge in [0.2, 0.25) is 0 Å². The lowest BCUT2D eigenvalue weighted by Gasteiger charge is -2.27. The van der Waals surface area contributed by atoms with Gasteiger partial charge in [0, 0.05) is 12.8 Å². The smallest absolute Gasteiger partial charge is 0.417 e. The molecule has 1 heterocycles. The van der Waals surface area contributed by atoms with Gasteiger partial charge in [0.25, 0.3) is 5.91 Å². The van der Waals surface area contributed by atoms with Crippen LogP contribution < -0.4 is 10.1 Å². The summed E-state index contributed by atoms with van der Waals surface area (Å²) in [6, 6.07) is 1.65. The molecule has 21 heavy (non-hydrogen) atoms. The Balaban J connectivity index is 2.13. The van der Waals surface area contributed by atoms with Gasteiger partial charge in [0.1, 0.15) is 5.75 Å². The van der Waals surface area contributed by atoms with Crippen LogP contribution in [0.4, 0.5) is 18.9 Å². The summed E-state index contributed by atoms with van der Waals surface area (Å²) in [6.45, 7) is 0. The average Bonchev–Trinajstić information content (AvgIpc) is 3.18. The molecule has 0 aromatic heterocycles. The highest BCUT2D eigenvalue weighted by Gasteiger charge is 2.55. The lowest BCUT2D eigenvalue weighted by Crippen LogP contribution is -2.39. The molecular formula is C13H10F3NO4. The molecule has 0 unspecified atom stereocenters. The number of carbonyl (C=O) groups is 2. The van der Waals surface area contributed by atoms with Gasteiger partial charge in [-0.25, -0.2) is 4.79 Å². The van der Waals surface area contributed by atoms with E-state index < -0.39 is 34.8 Å². The van der Waals surface area contributed by atoms with Crippen molar-refractivity contribution in [2.75, 3.05) is 12.4 Å². The number of nitrogens with one attached hydrogen (secondary N) is 1. The molecule has 112 valence electrons. The molecule has 1 aliphatic heterocycles. The summed E-state index contributed by atoms with van der Waals surface area (Å²) in [4.78, 5) is 23.3. The first-order chi connectivity index (χ1) is 9.77. The summed E-state index contributed by atoms with van der Waals surface area (Å²) in [7, 11) is 0.982. The molecule has 3 rings (SSSR count).